The number of thiophene rings is 1. The first-order valence-electron chi connectivity index (χ1n) is 7.50. The lowest BCUT2D eigenvalue weighted by molar-refractivity contribution is 0.00649. The molecule has 1 unspecified atom stereocenters. The lowest BCUT2D eigenvalue weighted by Gasteiger charge is -2.14. The number of benzene rings is 1. The molecular formula is C18H19NO3S. The van der Waals surface area contributed by atoms with Crippen LogP contribution >= 0.6 is 11.3 Å². The predicted octanol–water partition coefficient (Wildman–Crippen LogP) is 3.56. The van der Waals surface area contributed by atoms with Crippen LogP contribution in [-0.4, -0.2) is 29.4 Å². The second-order valence-electron chi connectivity index (χ2n) is 5.34. The summed E-state index contributed by atoms with van der Waals surface area (Å²) in [5.41, 5.74) is 1.76. The zero-order valence-electron chi connectivity index (χ0n) is 12.9. The van der Waals surface area contributed by atoms with E-state index in [2.05, 4.69) is 4.98 Å². The van der Waals surface area contributed by atoms with Crippen molar-refractivity contribution < 1.29 is 14.6 Å². The van der Waals surface area contributed by atoms with Gasteiger partial charge in [-0.1, -0.05) is 24.3 Å². The van der Waals surface area contributed by atoms with Crippen molar-refractivity contribution in [1.82, 2.24) is 4.98 Å². The first-order chi connectivity index (χ1) is 11.2. The minimum absolute atomic E-state index is 0.180. The number of pyridine rings is 1. The number of aryl methyl sites for hydroxylation is 1. The van der Waals surface area contributed by atoms with Crippen LogP contribution in [0.25, 0.3) is 10.9 Å². The molecule has 3 aromatic rings. The Morgan fingerprint density at radius 2 is 2.04 bits per heavy atom. The number of hydrogen-bond acceptors (Lipinski definition) is 5. The number of hydrogen-bond donors (Lipinski definition) is 1. The summed E-state index contributed by atoms with van der Waals surface area (Å²) in [6, 6.07) is 13.8. The molecular weight excluding hydrogens is 310 g/mol. The van der Waals surface area contributed by atoms with Gasteiger partial charge in [0.25, 0.3) is 0 Å². The van der Waals surface area contributed by atoms with Crippen molar-refractivity contribution in [3.8, 4) is 5.75 Å². The average molecular weight is 329 g/mol. The SMILES string of the molecule is Cc1ccc2cccc(OCC(O)COCc3cccs3)c2n1. The normalized spacial score (nSPS) is 12.4. The van der Waals surface area contributed by atoms with E-state index in [4.69, 9.17) is 9.47 Å². The van der Waals surface area contributed by atoms with Crippen LogP contribution in [-0.2, 0) is 11.3 Å². The van der Waals surface area contributed by atoms with E-state index in [-0.39, 0.29) is 13.2 Å². The highest BCUT2D eigenvalue weighted by Crippen LogP contribution is 2.24. The van der Waals surface area contributed by atoms with Gasteiger partial charge in [-0.25, -0.2) is 4.98 Å². The van der Waals surface area contributed by atoms with E-state index in [1.807, 2.05) is 54.8 Å². The zero-order valence-corrected chi connectivity index (χ0v) is 13.8. The largest absolute Gasteiger partial charge is 0.489 e. The minimum Gasteiger partial charge on any atom is -0.489 e. The maximum Gasteiger partial charge on any atom is 0.145 e. The van der Waals surface area contributed by atoms with Gasteiger partial charge in [-0.3, -0.25) is 0 Å². The molecule has 1 N–H and O–H groups in total. The summed E-state index contributed by atoms with van der Waals surface area (Å²) in [5.74, 6) is 0.684. The Morgan fingerprint density at radius 1 is 1.13 bits per heavy atom. The molecule has 0 spiro atoms. The monoisotopic (exact) mass is 329 g/mol. The summed E-state index contributed by atoms with van der Waals surface area (Å²) in [6.07, 6.45) is -0.671. The Morgan fingerprint density at radius 3 is 2.87 bits per heavy atom. The van der Waals surface area contributed by atoms with Crippen molar-refractivity contribution in [1.29, 1.82) is 0 Å². The Labute approximate surface area is 139 Å². The molecule has 0 saturated heterocycles. The van der Waals surface area contributed by atoms with Gasteiger partial charge < -0.3 is 14.6 Å². The van der Waals surface area contributed by atoms with E-state index in [0.29, 0.717) is 12.4 Å². The van der Waals surface area contributed by atoms with E-state index in [9.17, 15) is 5.11 Å². The standard InChI is InChI=1S/C18H19NO3S/c1-13-7-8-14-4-2-6-17(18(14)19-13)22-11-15(20)10-21-12-16-5-3-9-23-16/h2-9,15,20H,10-12H2,1H3. The van der Waals surface area contributed by atoms with Crippen LogP contribution in [0, 0.1) is 6.92 Å². The molecule has 120 valence electrons. The summed E-state index contributed by atoms with van der Waals surface area (Å²) in [4.78, 5) is 5.66. The van der Waals surface area contributed by atoms with Gasteiger partial charge in [-0.05, 0) is 30.5 Å². The molecule has 1 atom stereocenters. The lowest BCUT2D eigenvalue weighted by atomic mass is 10.2. The molecule has 3 rings (SSSR count). The third kappa shape index (κ3) is 4.28. The van der Waals surface area contributed by atoms with Gasteiger partial charge >= 0.3 is 0 Å². The molecule has 0 radical (unpaired) electrons. The second-order valence-corrected chi connectivity index (χ2v) is 6.37. The van der Waals surface area contributed by atoms with E-state index in [0.717, 1.165) is 21.5 Å². The van der Waals surface area contributed by atoms with Crippen molar-refractivity contribution in [2.45, 2.75) is 19.6 Å². The summed E-state index contributed by atoms with van der Waals surface area (Å²) >= 11 is 1.64. The summed E-state index contributed by atoms with van der Waals surface area (Å²) in [7, 11) is 0. The Hall–Kier alpha value is -1.95. The van der Waals surface area contributed by atoms with Gasteiger partial charge in [-0.2, -0.15) is 0 Å². The van der Waals surface area contributed by atoms with Crippen molar-refractivity contribution in [3.05, 3.63) is 58.4 Å². The Kier molecular flexibility index (Phi) is 5.23. The van der Waals surface area contributed by atoms with E-state index in [1.54, 1.807) is 11.3 Å². The second kappa shape index (κ2) is 7.55. The molecule has 2 heterocycles. The fourth-order valence-corrected chi connectivity index (χ4v) is 2.90. The number of aromatic nitrogens is 1. The van der Waals surface area contributed by atoms with Gasteiger partial charge in [0.1, 0.15) is 24.0 Å². The zero-order chi connectivity index (χ0) is 16.1. The molecule has 23 heavy (non-hydrogen) atoms. The van der Waals surface area contributed by atoms with Gasteiger partial charge in [-0.15, -0.1) is 11.3 Å². The van der Waals surface area contributed by atoms with Crippen molar-refractivity contribution >= 4 is 22.2 Å². The van der Waals surface area contributed by atoms with Crippen LogP contribution < -0.4 is 4.74 Å². The molecule has 0 saturated carbocycles. The number of aliphatic hydroxyl groups excluding tert-OH is 1. The molecule has 0 bridgehead atoms. The van der Waals surface area contributed by atoms with Crippen molar-refractivity contribution in [2.75, 3.05) is 13.2 Å². The van der Waals surface area contributed by atoms with Crippen LogP contribution in [0.5, 0.6) is 5.75 Å². The number of nitrogens with zero attached hydrogens (tertiary/aromatic N) is 1. The van der Waals surface area contributed by atoms with E-state index >= 15 is 0 Å². The first-order valence-corrected chi connectivity index (χ1v) is 8.38. The molecule has 1 aromatic carbocycles. The molecule has 5 heteroatoms. The lowest BCUT2D eigenvalue weighted by Crippen LogP contribution is -2.23. The molecule has 2 aromatic heterocycles. The van der Waals surface area contributed by atoms with Crippen LogP contribution in [0.4, 0.5) is 0 Å². The third-order valence-electron chi connectivity index (χ3n) is 3.39. The molecule has 0 amide bonds. The molecule has 4 nitrogen and oxygen atoms in total. The fraction of sp³-hybridized carbons (Fsp3) is 0.278. The van der Waals surface area contributed by atoms with E-state index in [1.165, 1.54) is 0 Å². The highest BCUT2D eigenvalue weighted by Gasteiger charge is 2.09. The smallest absolute Gasteiger partial charge is 0.145 e. The van der Waals surface area contributed by atoms with Crippen LogP contribution in [0.2, 0.25) is 0 Å². The fourth-order valence-electron chi connectivity index (χ4n) is 2.26. The Bertz CT molecular complexity index is 758. The number of para-hydroxylation sites is 1. The average Bonchev–Trinajstić information content (AvgIpc) is 3.06. The number of rotatable bonds is 7. The Balaban J connectivity index is 1.54. The summed E-state index contributed by atoms with van der Waals surface area (Å²) in [6.45, 7) is 2.89. The predicted molar refractivity (Wildman–Crippen MR) is 92.0 cm³/mol. The number of ether oxygens (including phenoxy) is 2. The highest BCUT2D eigenvalue weighted by atomic mass is 32.1. The van der Waals surface area contributed by atoms with Crippen LogP contribution in [0.15, 0.2) is 47.8 Å². The molecule has 0 aliphatic rings. The third-order valence-corrected chi connectivity index (χ3v) is 4.24. The van der Waals surface area contributed by atoms with Crippen LogP contribution in [0.3, 0.4) is 0 Å². The maximum absolute atomic E-state index is 10.00. The topological polar surface area (TPSA) is 51.6 Å². The van der Waals surface area contributed by atoms with Gasteiger partial charge in [0.15, 0.2) is 0 Å². The van der Waals surface area contributed by atoms with Crippen molar-refractivity contribution in [2.24, 2.45) is 0 Å². The molecule has 0 aliphatic heterocycles. The summed E-state index contributed by atoms with van der Waals surface area (Å²) in [5, 5.41) is 13.0. The van der Waals surface area contributed by atoms with Crippen molar-refractivity contribution in [3.63, 3.8) is 0 Å². The molecule has 0 fully saturated rings. The highest BCUT2D eigenvalue weighted by molar-refractivity contribution is 7.09. The number of aliphatic hydroxyl groups is 1. The minimum atomic E-state index is -0.671. The first kappa shape index (κ1) is 15.9. The quantitative estimate of drug-likeness (QED) is 0.720. The number of fused-ring (bicyclic) bond motifs is 1. The maximum atomic E-state index is 10.00. The van der Waals surface area contributed by atoms with Gasteiger partial charge in [0.05, 0.1) is 13.2 Å². The molecule has 0 aliphatic carbocycles. The van der Waals surface area contributed by atoms with Crippen LogP contribution in [0.1, 0.15) is 10.6 Å². The summed E-state index contributed by atoms with van der Waals surface area (Å²) < 4.78 is 11.2. The van der Waals surface area contributed by atoms with E-state index < -0.39 is 6.10 Å². The van der Waals surface area contributed by atoms with Gasteiger partial charge in [0, 0.05) is 16.0 Å². The van der Waals surface area contributed by atoms with Gasteiger partial charge in [0.2, 0.25) is 0 Å².